The van der Waals surface area contributed by atoms with E-state index in [2.05, 4.69) is 26.2 Å². The Morgan fingerprint density at radius 3 is 2.88 bits per heavy atom. The first-order valence-electron chi connectivity index (χ1n) is 7.53. The van der Waals surface area contributed by atoms with Gasteiger partial charge in [-0.1, -0.05) is 39.7 Å². The van der Waals surface area contributed by atoms with Gasteiger partial charge in [-0.25, -0.2) is 4.98 Å². The smallest absolute Gasteiger partial charge is 0.182 e. The maximum Gasteiger partial charge on any atom is 0.182 e. The molecule has 130 valence electrons. The molecule has 1 aromatic heterocycles. The number of anilines is 1. The van der Waals surface area contributed by atoms with Crippen LogP contribution in [0.5, 0.6) is 11.5 Å². The third-order valence-electron chi connectivity index (χ3n) is 3.51. The molecule has 0 atom stereocenters. The van der Waals surface area contributed by atoms with Gasteiger partial charge in [0.2, 0.25) is 0 Å². The van der Waals surface area contributed by atoms with Crippen molar-refractivity contribution < 1.29 is 9.47 Å². The number of aromatic nitrogens is 1. The van der Waals surface area contributed by atoms with Crippen LogP contribution in [0.1, 0.15) is 11.1 Å². The highest BCUT2D eigenvalue weighted by Crippen LogP contribution is 2.37. The molecule has 0 aliphatic heterocycles. The molecule has 0 radical (unpaired) electrons. The summed E-state index contributed by atoms with van der Waals surface area (Å²) in [6, 6.07) is 11.4. The van der Waals surface area contributed by atoms with E-state index in [1.807, 2.05) is 41.8 Å². The maximum absolute atomic E-state index is 6.08. The topological polar surface area (TPSA) is 43.4 Å². The zero-order chi connectivity index (χ0) is 17.6. The van der Waals surface area contributed by atoms with Crippen molar-refractivity contribution in [2.24, 2.45) is 0 Å². The number of methoxy groups -OCH3 is 1. The van der Waals surface area contributed by atoms with Crippen LogP contribution in [0.3, 0.4) is 0 Å². The molecule has 1 heterocycles. The highest BCUT2D eigenvalue weighted by atomic mass is 79.9. The molecule has 3 rings (SSSR count). The predicted octanol–water partition coefficient (Wildman–Crippen LogP) is 5.76. The van der Waals surface area contributed by atoms with E-state index in [1.54, 1.807) is 24.6 Å². The quantitative estimate of drug-likeness (QED) is 0.508. The van der Waals surface area contributed by atoms with Crippen LogP contribution in [0.15, 0.2) is 52.4 Å². The van der Waals surface area contributed by atoms with Gasteiger partial charge in [0.15, 0.2) is 16.6 Å². The molecule has 0 fully saturated rings. The van der Waals surface area contributed by atoms with Crippen LogP contribution in [-0.2, 0) is 13.2 Å². The molecule has 0 bridgehead atoms. The Balaban J connectivity index is 1.83. The number of thiazole rings is 1. The Labute approximate surface area is 163 Å². The van der Waals surface area contributed by atoms with E-state index in [1.165, 1.54) is 0 Å². The summed E-state index contributed by atoms with van der Waals surface area (Å²) in [4.78, 5) is 4.24. The van der Waals surface area contributed by atoms with Gasteiger partial charge in [0.25, 0.3) is 0 Å². The van der Waals surface area contributed by atoms with E-state index >= 15 is 0 Å². The predicted molar refractivity (Wildman–Crippen MR) is 106 cm³/mol. The summed E-state index contributed by atoms with van der Waals surface area (Å²) in [5.74, 6) is 1.38. The number of ether oxygens (including phenoxy) is 2. The van der Waals surface area contributed by atoms with Crippen molar-refractivity contribution >= 4 is 44.0 Å². The maximum atomic E-state index is 6.08. The Morgan fingerprint density at radius 1 is 1.28 bits per heavy atom. The van der Waals surface area contributed by atoms with Crippen LogP contribution in [0.4, 0.5) is 5.13 Å². The summed E-state index contributed by atoms with van der Waals surface area (Å²) in [6.07, 6.45) is 1.77. The van der Waals surface area contributed by atoms with E-state index in [9.17, 15) is 0 Å². The molecule has 0 aliphatic rings. The van der Waals surface area contributed by atoms with Gasteiger partial charge in [0, 0.05) is 33.2 Å². The molecule has 0 spiro atoms. The largest absolute Gasteiger partial charge is 0.493 e. The lowest BCUT2D eigenvalue weighted by Gasteiger charge is -2.17. The number of hydrogen-bond acceptors (Lipinski definition) is 5. The second-order valence-corrected chi connectivity index (χ2v) is 7.35. The van der Waals surface area contributed by atoms with Crippen molar-refractivity contribution in [3.63, 3.8) is 0 Å². The molecular weight excluding hydrogens is 424 g/mol. The molecule has 0 amide bonds. The van der Waals surface area contributed by atoms with Crippen LogP contribution >= 0.6 is 38.9 Å². The molecule has 0 aliphatic carbocycles. The van der Waals surface area contributed by atoms with Gasteiger partial charge in [-0.15, -0.1) is 11.3 Å². The summed E-state index contributed by atoms with van der Waals surface area (Å²) in [5, 5.41) is 6.78. The first-order chi connectivity index (χ1) is 12.2. The second-order valence-electron chi connectivity index (χ2n) is 5.17. The molecule has 25 heavy (non-hydrogen) atoms. The minimum atomic E-state index is 0.400. The third-order valence-corrected chi connectivity index (χ3v) is 5.22. The summed E-state index contributed by atoms with van der Waals surface area (Å²) < 4.78 is 12.5. The number of halogens is 2. The molecule has 4 nitrogen and oxygen atoms in total. The zero-order valence-corrected chi connectivity index (χ0v) is 16.6. The highest BCUT2D eigenvalue weighted by molar-refractivity contribution is 9.10. The Bertz CT molecular complexity index is 843. The number of benzene rings is 2. The average Bonchev–Trinajstić information content (AvgIpc) is 3.12. The molecule has 2 aromatic carbocycles. The van der Waals surface area contributed by atoms with Crippen molar-refractivity contribution in [3.8, 4) is 11.5 Å². The summed E-state index contributed by atoms with van der Waals surface area (Å²) >= 11 is 11.2. The lowest BCUT2D eigenvalue weighted by atomic mass is 10.1. The Morgan fingerprint density at radius 2 is 2.16 bits per heavy atom. The van der Waals surface area contributed by atoms with E-state index in [0.717, 1.165) is 20.7 Å². The van der Waals surface area contributed by atoms with Crippen LogP contribution in [0, 0.1) is 0 Å². The molecule has 1 N–H and O–H groups in total. The Kier molecular flexibility index (Phi) is 6.18. The van der Waals surface area contributed by atoms with Crippen molar-refractivity contribution in [2.45, 2.75) is 13.2 Å². The van der Waals surface area contributed by atoms with Crippen molar-refractivity contribution in [1.82, 2.24) is 4.98 Å². The normalized spacial score (nSPS) is 10.5. The first-order valence-corrected chi connectivity index (χ1v) is 9.58. The highest BCUT2D eigenvalue weighted by Gasteiger charge is 2.15. The van der Waals surface area contributed by atoms with Gasteiger partial charge in [0.1, 0.15) is 6.61 Å². The number of nitrogens with zero attached hydrogens (tertiary/aromatic N) is 1. The van der Waals surface area contributed by atoms with Crippen molar-refractivity contribution in [3.05, 3.63) is 68.6 Å². The van der Waals surface area contributed by atoms with Crippen molar-refractivity contribution in [2.75, 3.05) is 12.4 Å². The Hall–Kier alpha value is -1.76. The van der Waals surface area contributed by atoms with Crippen LogP contribution in [0.25, 0.3) is 0 Å². The van der Waals surface area contributed by atoms with Gasteiger partial charge in [-0.05, 0) is 29.8 Å². The van der Waals surface area contributed by atoms with Crippen LogP contribution < -0.4 is 14.8 Å². The third kappa shape index (κ3) is 4.66. The molecule has 7 heteroatoms. The molecule has 0 unspecified atom stereocenters. The molecule has 3 aromatic rings. The zero-order valence-electron chi connectivity index (χ0n) is 13.5. The van der Waals surface area contributed by atoms with E-state index < -0.39 is 0 Å². The molecular formula is C18H16BrClN2O2S. The SMILES string of the molecule is COc1ccc(Br)c(CNc2nccs2)c1OCc1cccc(Cl)c1. The molecule has 0 saturated heterocycles. The summed E-state index contributed by atoms with van der Waals surface area (Å²) in [6.45, 7) is 0.966. The van der Waals surface area contributed by atoms with Crippen LogP contribution in [-0.4, -0.2) is 12.1 Å². The van der Waals surface area contributed by atoms with Crippen LogP contribution in [0.2, 0.25) is 5.02 Å². The summed E-state index contributed by atoms with van der Waals surface area (Å²) in [7, 11) is 1.63. The van der Waals surface area contributed by atoms with Gasteiger partial charge in [-0.3, -0.25) is 0 Å². The minimum Gasteiger partial charge on any atom is -0.493 e. The van der Waals surface area contributed by atoms with Gasteiger partial charge in [0.05, 0.1) is 7.11 Å². The van der Waals surface area contributed by atoms with E-state index in [0.29, 0.717) is 29.7 Å². The lowest BCUT2D eigenvalue weighted by Crippen LogP contribution is -2.06. The van der Waals surface area contributed by atoms with Gasteiger partial charge < -0.3 is 14.8 Å². The lowest BCUT2D eigenvalue weighted by molar-refractivity contribution is 0.281. The van der Waals surface area contributed by atoms with E-state index in [-0.39, 0.29) is 0 Å². The summed E-state index contributed by atoms with van der Waals surface area (Å²) in [5.41, 5.74) is 1.96. The number of rotatable bonds is 7. The molecule has 0 saturated carbocycles. The number of nitrogens with one attached hydrogen (secondary N) is 1. The second kappa shape index (κ2) is 8.56. The van der Waals surface area contributed by atoms with Gasteiger partial charge >= 0.3 is 0 Å². The monoisotopic (exact) mass is 438 g/mol. The average molecular weight is 440 g/mol. The first kappa shape index (κ1) is 18.0. The van der Waals surface area contributed by atoms with Gasteiger partial charge in [-0.2, -0.15) is 0 Å². The number of hydrogen-bond donors (Lipinski definition) is 1. The van der Waals surface area contributed by atoms with E-state index in [4.69, 9.17) is 21.1 Å². The van der Waals surface area contributed by atoms with Crippen molar-refractivity contribution in [1.29, 1.82) is 0 Å². The fraction of sp³-hybridized carbons (Fsp3) is 0.167. The fourth-order valence-electron chi connectivity index (χ4n) is 2.32. The fourth-order valence-corrected chi connectivity index (χ4v) is 3.52. The minimum absolute atomic E-state index is 0.400. The standard InChI is InChI=1S/C18H16BrClN2O2S/c1-23-16-6-5-15(19)14(10-22-18-21-7-8-25-18)17(16)24-11-12-3-2-4-13(20)9-12/h2-9H,10-11H2,1H3,(H,21,22).